The Morgan fingerprint density at radius 2 is 1.91 bits per heavy atom. The van der Waals surface area contributed by atoms with Gasteiger partial charge in [-0.2, -0.15) is 18.3 Å². The Labute approximate surface area is 183 Å². The molecule has 10 heteroatoms. The molecule has 1 unspecified atom stereocenters. The fourth-order valence-electron chi connectivity index (χ4n) is 3.90. The summed E-state index contributed by atoms with van der Waals surface area (Å²) in [6.45, 7) is 4.99. The highest BCUT2D eigenvalue weighted by atomic mass is 19.4. The predicted octanol–water partition coefficient (Wildman–Crippen LogP) is 4.15. The van der Waals surface area contributed by atoms with Crippen LogP contribution in [0.3, 0.4) is 0 Å². The van der Waals surface area contributed by atoms with Gasteiger partial charge in [-0.15, -0.1) is 0 Å². The van der Waals surface area contributed by atoms with Crippen LogP contribution < -0.4 is 10.2 Å². The maximum Gasteiger partial charge on any atom is 0.416 e. The molecule has 0 aliphatic carbocycles. The fourth-order valence-corrected chi connectivity index (χ4v) is 3.90. The number of aryl methyl sites for hydroxylation is 2. The zero-order chi connectivity index (χ0) is 22.9. The topological polar surface area (TPSA) is 75.9 Å². The summed E-state index contributed by atoms with van der Waals surface area (Å²) in [7, 11) is 0. The average molecular weight is 444 g/mol. The molecule has 1 N–H and O–H groups in total. The molecule has 2 aromatic heterocycles. The second-order valence-corrected chi connectivity index (χ2v) is 7.93. The minimum atomic E-state index is -4.46. The molecule has 1 amide bonds. The van der Waals surface area contributed by atoms with Crippen molar-refractivity contribution in [3.63, 3.8) is 0 Å². The van der Waals surface area contributed by atoms with Crippen molar-refractivity contribution in [2.45, 2.75) is 32.9 Å². The molecule has 1 fully saturated rings. The normalized spacial score (nSPS) is 16.8. The van der Waals surface area contributed by atoms with Crippen molar-refractivity contribution in [1.29, 1.82) is 0 Å². The van der Waals surface area contributed by atoms with Gasteiger partial charge in [0.25, 0.3) is 0 Å². The molecule has 1 aromatic carbocycles. The fraction of sp³-hybridized carbons (Fsp3) is 0.364. The van der Waals surface area contributed by atoms with E-state index in [2.05, 4.69) is 20.4 Å². The number of hydrogen-bond donors (Lipinski definition) is 1. The molecule has 0 radical (unpaired) electrons. The molecule has 0 bridgehead atoms. The number of nitrogens with one attached hydrogen (secondary N) is 1. The van der Waals surface area contributed by atoms with E-state index in [0.29, 0.717) is 24.6 Å². The quantitative estimate of drug-likeness (QED) is 0.654. The molecule has 32 heavy (non-hydrogen) atoms. The zero-order valence-electron chi connectivity index (χ0n) is 17.7. The molecule has 168 valence electrons. The molecular weight excluding hydrogens is 421 g/mol. The minimum Gasteiger partial charge on any atom is -0.356 e. The number of amides is 1. The Balaban J connectivity index is 1.47. The van der Waals surface area contributed by atoms with Crippen molar-refractivity contribution in [2.75, 3.05) is 23.3 Å². The lowest BCUT2D eigenvalue weighted by atomic mass is 9.97. The summed E-state index contributed by atoms with van der Waals surface area (Å²) in [6.07, 6.45) is -1.58. The molecule has 1 saturated heterocycles. The number of nitrogens with zero attached hydrogens (tertiary/aromatic N) is 5. The third-order valence-electron chi connectivity index (χ3n) is 5.44. The van der Waals surface area contributed by atoms with Gasteiger partial charge in [-0.3, -0.25) is 4.79 Å². The number of carbonyl (C=O) groups is 1. The van der Waals surface area contributed by atoms with Crippen LogP contribution in [0.2, 0.25) is 0 Å². The Morgan fingerprint density at radius 1 is 1.12 bits per heavy atom. The molecule has 0 saturated carbocycles. The SMILES string of the molecule is Cc1cc(C)n(-c2cc(N3CCCC(C(=O)Nc4cccc(C(F)(F)F)c4)C3)ncn2)n1. The molecule has 1 aliphatic heterocycles. The Kier molecular flexibility index (Phi) is 5.86. The van der Waals surface area contributed by atoms with E-state index in [1.807, 2.05) is 30.9 Å². The van der Waals surface area contributed by atoms with Gasteiger partial charge in [0.2, 0.25) is 5.91 Å². The number of alkyl halides is 3. The van der Waals surface area contributed by atoms with Gasteiger partial charge in [-0.05, 0) is 51.0 Å². The van der Waals surface area contributed by atoms with Gasteiger partial charge in [0.15, 0.2) is 5.82 Å². The summed E-state index contributed by atoms with van der Waals surface area (Å²) in [4.78, 5) is 23.4. The number of rotatable bonds is 4. The van der Waals surface area contributed by atoms with Crippen LogP contribution in [0.1, 0.15) is 29.8 Å². The summed E-state index contributed by atoms with van der Waals surface area (Å²) >= 11 is 0. The van der Waals surface area contributed by atoms with E-state index < -0.39 is 11.7 Å². The average Bonchev–Trinajstić information content (AvgIpc) is 3.11. The van der Waals surface area contributed by atoms with E-state index in [1.54, 1.807) is 4.68 Å². The smallest absolute Gasteiger partial charge is 0.356 e. The largest absolute Gasteiger partial charge is 0.416 e. The van der Waals surface area contributed by atoms with Crippen LogP contribution in [-0.2, 0) is 11.0 Å². The van der Waals surface area contributed by atoms with Gasteiger partial charge in [-0.25, -0.2) is 14.6 Å². The minimum absolute atomic E-state index is 0.135. The second-order valence-electron chi connectivity index (χ2n) is 7.93. The molecule has 1 atom stereocenters. The lowest BCUT2D eigenvalue weighted by Gasteiger charge is -2.33. The monoisotopic (exact) mass is 444 g/mol. The molecule has 7 nitrogen and oxygen atoms in total. The highest BCUT2D eigenvalue weighted by molar-refractivity contribution is 5.93. The molecule has 0 spiro atoms. The van der Waals surface area contributed by atoms with Crippen LogP contribution in [0.5, 0.6) is 0 Å². The van der Waals surface area contributed by atoms with Gasteiger partial charge in [-0.1, -0.05) is 6.07 Å². The number of hydrogen-bond acceptors (Lipinski definition) is 5. The summed E-state index contributed by atoms with van der Waals surface area (Å²) in [5.74, 6) is 0.641. The standard InChI is InChI=1S/C22H23F3N6O/c1-14-9-15(2)31(29-14)20-11-19(26-13-27-20)30-8-4-5-16(12-30)21(32)28-18-7-3-6-17(10-18)22(23,24)25/h3,6-7,9-11,13,16H,4-5,8,12H2,1-2H3,(H,28,32). The first-order valence-corrected chi connectivity index (χ1v) is 10.3. The lowest BCUT2D eigenvalue weighted by molar-refractivity contribution is -0.137. The van der Waals surface area contributed by atoms with Crippen molar-refractivity contribution in [3.05, 3.63) is 59.7 Å². The summed E-state index contributed by atoms with van der Waals surface area (Å²) < 4.78 is 40.6. The Bertz CT molecular complexity index is 1130. The maximum absolute atomic E-state index is 12.9. The van der Waals surface area contributed by atoms with Gasteiger partial charge in [0, 0.05) is 30.5 Å². The van der Waals surface area contributed by atoms with Gasteiger partial charge < -0.3 is 10.2 Å². The zero-order valence-corrected chi connectivity index (χ0v) is 17.7. The van der Waals surface area contributed by atoms with Crippen molar-refractivity contribution in [1.82, 2.24) is 19.7 Å². The van der Waals surface area contributed by atoms with Crippen LogP contribution in [0.25, 0.3) is 5.82 Å². The van der Waals surface area contributed by atoms with Crippen LogP contribution in [0.4, 0.5) is 24.7 Å². The lowest BCUT2D eigenvalue weighted by Crippen LogP contribution is -2.41. The third-order valence-corrected chi connectivity index (χ3v) is 5.44. The van der Waals surface area contributed by atoms with Crippen molar-refractivity contribution >= 4 is 17.4 Å². The molecular formula is C22H23F3N6O. The van der Waals surface area contributed by atoms with E-state index >= 15 is 0 Å². The molecule has 3 heterocycles. The number of anilines is 2. The van der Waals surface area contributed by atoms with Crippen molar-refractivity contribution < 1.29 is 18.0 Å². The molecule has 1 aliphatic rings. The number of halogens is 3. The molecule has 3 aromatic rings. The Hall–Kier alpha value is -3.43. The Morgan fingerprint density at radius 3 is 2.62 bits per heavy atom. The first-order valence-electron chi connectivity index (χ1n) is 10.3. The number of carbonyl (C=O) groups excluding carboxylic acids is 1. The van der Waals surface area contributed by atoms with Gasteiger partial charge in [0.05, 0.1) is 17.2 Å². The highest BCUT2D eigenvalue weighted by Gasteiger charge is 2.31. The number of piperidine rings is 1. The van der Waals surface area contributed by atoms with E-state index in [-0.39, 0.29) is 17.5 Å². The van der Waals surface area contributed by atoms with E-state index in [9.17, 15) is 18.0 Å². The van der Waals surface area contributed by atoms with E-state index in [1.165, 1.54) is 18.5 Å². The van der Waals surface area contributed by atoms with E-state index in [0.717, 1.165) is 36.5 Å². The van der Waals surface area contributed by atoms with Crippen LogP contribution >= 0.6 is 0 Å². The second kappa shape index (κ2) is 8.60. The van der Waals surface area contributed by atoms with Crippen molar-refractivity contribution in [2.24, 2.45) is 5.92 Å². The van der Waals surface area contributed by atoms with Crippen molar-refractivity contribution in [3.8, 4) is 5.82 Å². The van der Waals surface area contributed by atoms with Gasteiger partial charge >= 0.3 is 6.18 Å². The van der Waals surface area contributed by atoms with Gasteiger partial charge in [0.1, 0.15) is 12.1 Å². The summed E-state index contributed by atoms with van der Waals surface area (Å²) in [5, 5.41) is 7.08. The number of aromatic nitrogens is 4. The van der Waals surface area contributed by atoms with Crippen LogP contribution in [0, 0.1) is 19.8 Å². The highest BCUT2D eigenvalue weighted by Crippen LogP contribution is 2.31. The van der Waals surface area contributed by atoms with E-state index in [4.69, 9.17) is 0 Å². The van der Waals surface area contributed by atoms with Crippen LogP contribution in [-0.4, -0.2) is 38.7 Å². The first kappa shape index (κ1) is 21.8. The number of benzene rings is 1. The predicted molar refractivity (Wildman–Crippen MR) is 114 cm³/mol. The maximum atomic E-state index is 12.9. The third kappa shape index (κ3) is 4.74. The summed E-state index contributed by atoms with van der Waals surface area (Å²) in [6, 6.07) is 8.45. The summed E-state index contributed by atoms with van der Waals surface area (Å²) in [5.41, 5.74) is 1.17. The van der Waals surface area contributed by atoms with Crippen LogP contribution in [0.15, 0.2) is 42.7 Å². The first-order chi connectivity index (χ1) is 15.2. The molecule has 4 rings (SSSR count).